The van der Waals surface area contributed by atoms with E-state index < -0.39 is 5.60 Å². The number of carbonyl (C=O) groups excluding carboxylic acids is 1. The van der Waals surface area contributed by atoms with Crippen molar-refractivity contribution in [2.45, 2.75) is 52.1 Å². The molecule has 2 N–H and O–H groups in total. The van der Waals surface area contributed by atoms with Crippen molar-refractivity contribution < 1.29 is 9.90 Å². The lowest BCUT2D eigenvalue weighted by Gasteiger charge is -2.35. The molecule has 1 heterocycles. The molecule has 18 heavy (non-hydrogen) atoms. The van der Waals surface area contributed by atoms with Gasteiger partial charge in [0.05, 0.1) is 11.5 Å². The molecule has 0 spiro atoms. The predicted molar refractivity (Wildman–Crippen MR) is 73.4 cm³/mol. The maximum absolute atomic E-state index is 12.0. The molecule has 1 fully saturated rings. The SMILES string of the molecule is CCCCNC(=O)C1CCCN(CC(C)(C)O)C1. The van der Waals surface area contributed by atoms with E-state index in [1.807, 2.05) is 13.8 Å². The van der Waals surface area contributed by atoms with Crippen LogP contribution in [0, 0.1) is 5.92 Å². The van der Waals surface area contributed by atoms with Gasteiger partial charge in [-0.25, -0.2) is 0 Å². The number of nitrogens with one attached hydrogen (secondary N) is 1. The van der Waals surface area contributed by atoms with Crippen LogP contribution in [0.4, 0.5) is 0 Å². The first-order chi connectivity index (χ1) is 8.42. The van der Waals surface area contributed by atoms with E-state index in [9.17, 15) is 9.90 Å². The standard InChI is InChI=1S/C14H28N2O2/c1-4-5-8-15-13(17)12-7-6-9-16(10-12)11-14(2,3)18/h12,18H,4-11H2,1-3H3,(H,15,17). The van der Waals surface area contributed by atoms with Crippen molar-refractivity contribution in [3.63, 3.8) is 0 Å². The maximum Gasteiger partial charge on any atom is 0.224 e. The number of aliphatic hydroxyl groups is 1. The first-order valence-corrected chi connectivity index (χ1v) is 7.15. The van der Waals surface area contributed by atoms with Crippen molar-refractivity contribution >= 4 is 5.91 Å². The van der Waals surface area contributed by atoms with Gasteiger partial charge in [-0.05, 0) is 39.7 Å². The molecule has 1 aliphatic heterocycles. The minimum Gasteiger partial charge on any atom is -0.389 e. The Morgan fingerprint density at radius 3 is 2.83 bits per heavy atom. The van der Waals surface area contributed by atoms with Crippen LogP contribution in [0.3, 0.4) is 0 Å². The molecule has 0 bridgehead atoms. The molecule has 0 saturated carbocycles. The largest absolute Gasteiger partial charge is 0.389 e. The lowest BCUT2D eigenvalue weighted by molar-refractivity contribution is -0.127. The Hall–Kier alpha value is -0.610. The summed E-state index contributed by atoms with van der Waals surface area (Å²) < 4.78 is 0. The van der Waals surface area contributed by atoms with Crippen LogP contribution in [0.1, 0.15) is 46.5 Å². The highest BCUT2D eigenvalue weighted by atomic mass is 16.3. The zero-order valence-electron chi connectivity index (χ0n) is 12.0. The van der Waals surface area contributed by atoms with E-state index in [4.69, 9.17) is 0 Å². The molecular formula is C14H28N2O2. The molecule has 0 aromatic carbocycles. The summed E-state index contributed by atoms with van der Waals surface area (Å²) in [6.45, 7) is 8.96. The number of β-amino-alcohol motifs (C(OH)–C–C–N with tert-alkyl or cyclic N) is 1. The molecule has 1 amide bonds. The number of hydrogen-bond donors (Lipinski definition) is 2. The number of piperidine rings is 1. The summed E-state index contributed by atoms with van der Waals surface area (Å²) in [6, 6.07) is 0. The predicted octanol–water partition coefficient (Wildman–Crippen LogP) is 1.39. The fraction of sp³-hybridized carbons (Fsp3) is 0.929. The third-order valence-corrected chi connectivity index (χ3v) is 3.32. The Bertz CT molecular complexity index is 261. The third kappa shape index (κ3) is 5.83. The van der Waals surface area contributed by atoms with E-state index in [0.717, 1.165) is 45.3 Å². The number of rotatable bonds is 6. The van der Waals surface area contributed by atoms with Gasteiger partial charge < -0.3 is 10.4 Å². The van der Waals surface area contributed by atoms with Crippen molar-refractivity contribution in [1.29, 1.82) is 0 Å². The van der Waals surface area contributed by atoms with Gasteiger partial charge >= 0.3 is 0 Å². The van der Waals surface area contributed by atoms with Gasteiger partial charge in [0.2, 0.25) is 5.91 Å². The summed E-state index contributed by atoms with van der Waals surface area (Å²) >= 11 is 0. The Labute approximate surface area is 111 Å². The van der Waals surface area contributed by atoms with Gasteiger partial charge in [-0.15, -0.1) is 0 Å². The Morgan fingerprint density at radius 1 is 1.50 bits per heavy atom. The summed E-state index contributed by atoms with van der Waals surface area (Å²) in [5.74, 6) is 0.279. The number of hydrogen-bond acceptors (Lipinski definition) is 3. The molecule has 0 aliphatic carbocycles. The zero-order chi connectivity index (χ0) is 13.6. The van der Waals surface area contributed by atoms with Crippen LogP contribution in [-0.2, 0) is 4.79 Å². The van der Waals surface area contributed by atoms with Crippen LogP contribution < -0.4 is 5.32 Å². The number of unbranched alkanes of at least 4 members (excludes halogenated alkanes) is 1. The van der Waals surface area contributed by atoms with Crippen molar-refractivity contribution in [2.75, 3.05) is 26.2 Å². The maximum atomic E-state index is 12.0. The fourth-order valence-corrected chi connectivity index (χ4v) is 2.49. The summed E-state index contributed by atoms with van der Waals surface area (Å²) in [4.78, 5) is 14.2. The van der Waals surface area contributed by atoms with E-state index in [0.29, 0.717) is 6.54 Å². The second kappa shape index (κ2) is 7.10. The topological polar surface area (TPSA) is 52.6 Å². The van der Waals surface area contributed by atoms with Gasteiger partial charge in [-0.1, -0.05) is 13.3 Å². The molecule has 0 aromatic heterocycles. The van der Waals surface area contributed by atoms with E-state index in [2.05, 4.69) is 17.1 Å². The van der Waals surface area contributed by atoms with E-state index in [1.165, 1.54) is 0 Å². The molecule has 1 saturated heterocycles. The van der Waals surface area contributed by atoms with Crippen molar-refractivity contribution in [2.24, 2.45) is 5.92 Å². The van der Waals surface area contributed by atoms with Crippen LogP contribution in [0.2, 0.25) is 0 Å². The molecule has 4 nitrogen and oxygen atoms in total. The number of amides is 1. The summed E-state index contributed by atoms with van der Waals surface area (Å²) in [7, 11) is 0. The Morgan fingerprint density at radius 2 is 2.22 bits per heavy atom. The smallest absolute Gasteiger partial charge is 0.224 e. The molecule has 0 aromatic rings. The molecule has 1 rings (SSSR count). The molecule has 1 aliphatic rings. The fourth-order valence-electron chi connectivity index (χ4n) is 2.49. The van der Waals surface area contributed by atoms with Gasteiger partial charge in [-0.2, -0.15) is 0 Å². The highest BCUT2D eigenvalue weighted by Crippen LogP contribution is 2.18. The molecule has 1 unspecified atom stereocenters. The first-order valence-electron chi connectivity index (χ1n) is 7.15. The number of carbonyl (C=O) groups is 1. The van der Waals surface area contributed by atoms with E-state index in [1.54, 1.807) is 0 Å². The monoisotopic (exact) mass is 256 g/mol. The summed E-state index contributed by atoms with van der Waals surface area (Å²) in [6.07, 6.45) is 4.17. The second-order valence-electron chi connectivity index (χ2n) is 6.03. The zero-order valence-corrected chi connectivity index (χ0v) is 12.0. The highest BCUT2D eigenvalue weighted by Gasteiger charge is 2.28. The molecular weight excluding hydrogens is 228 g/mol. The second-order valence-corrected chi connectivity index (χ2v) is 6.03. The van der Waals surface area contributed by atoms with Crippen LogP contribution in [-0.4, -0.2) is 47.7 Å². The average molecular weight is 256 g/mol. The van der Waals surface area contributed by atoms with Gasteiger partial charge in [0.15, 0.2) is 0 Å². The quantitative estimate of drug-likeness (QED) is 0.706. The van der Waals surface area contributed by atoms with E-state index >= 15 is 0 Å². The molecule has 1 atom stereocenters. The number of likely N-dealkylation sites (tertiary alicyclic amines) is 1. The van der Waals surface area contributed by atoms with Crippen LogP contribution in [0.15, 0.2) is 0 Å². The normalized spacial score (nSPS) is 21.9. The lowest BCUT2D eigenvalue weighted by Crippen LogP contribution is -2.47. The minimum absolute atomic E-state index is 0.0953. The van der Waals surface area contributed by atoms with Crippen LogP contribution >= 0.6 is 0 Å². The van der Waals surface area contributed by atoms with Crippen molar-refractivity contribution in [1.82, 2.24) is 10.2 Å². The van der Waals surface area contributed by atoms with Crippen LogP contribution in [0.25, 0.3) is 0 Å². The lowest BCUT2D eigenvalue weighted by atomic mass is 9.95. The third-order valence-electron chi connectivity index (χ3n) is 3.32. The van der Waals surface area contributed by atoms with Crippen molar-refractivity contribution in [3.8, 4) is 0 Å². The summed E-state index contributed by atoms with van der Waals surface area (Å²) in [5, 5.41) is 12.8. The first kappa shape index (κ1) is 15.4. The summed E-state index contributed by atoms with van der Waals surface area (Å²) in [5.41, 5.74) is -0.680. The average Bonchev–Trinajstić information content (AvgIpc) is 2.27. The van der Waals surface area contributed by atoms with Gasteiger partial charge in [0.1, 0.15) is 0 Å². The number of nitrogens with zero attached hydrogens (tertiary/aromatic N) is 1. The van der Waals surface area contributed by atoms with Gasteiger partial charge in [0, 0.05) is 19.6 Å². The van der Waals surface area contributed by atoms with Gasteiger partial charge in [-0.3, -0.25) is 9.69 Å². The van der Waals surface area contributed by atoms with Crippen molar-refractivity contribution in [3.05, 3.63) is 0 Å². The molecule has 106 valence electrons. The Kier molecular flexibility index (Phi) is 6.09. The molecule has 4 heteroatoms. The molecule has 0 radical (unpaired) electrons. The van der Waals surface area contributed by atoms with Crippen LogP contribution in [0.5, 0.6) is 0 Å². The highest BCUT2D eigenvalue weighted by molar-refractivity contribution is 5.78. The minimum atomic E-state index is -0.680. The Balaban J connectivity index is 2.36. The van der Waals surface area contributed by atoms with Gasteiger partial charge in [0.25, 0.3) is 0 Å². The van der Waals surface area contributed by atoms with E-state index in [-0.39, 0.29) is 11.8 Å².